The molecule has 0 amide bonds. The monoisotopic (exact) mass is 179 g/mol. The number of aromatic nitrogens is 2. The summed E-state index contributed by atoms with van der Waals surface area (Å²) in [6.07, 6.45) is 2.79. The molecule has 4 nitrogen and oxygen atoms in total. The van der Waals surface area contributed by atoms with Gasteiger partial charge in [0.15, 0.2) is 0 Å². The number of H-pyrrole nitrogens is 1. The fraction of sp³-hybridized carbons (Fsp3) is 0.556. The second-order valence-corrected chi connectivity index (χ2v) is 4.22. The summed E-state index contributed by atoms with van der Waals surface area (Å²) in [5.74, 6) is 0. The second kappa shape index (κ2) is 2.58. The van der Waals surface area contributed by atoms with Gasteiger partial charge in [0, 0.05) is 12.1 Å². The number of aromatic amines is 1. The van der Waals surface area contributed by atoms with Crippen LogP contribution in [0.4, 0.5) is 5.69 Å². The zero-order chi connectivity index (χ0) is 9.47. The Hall–Kier alpha value is -1.32. The van der Waals surface area contributed by atoms with Gasteiger partial charge in [-0.3, -0.25) is 4.79 Å². The normalized spacial score (nSPS) is 24.0. The Morgan fingerprint density at radius 2 is 2.38 bits per heavy atom. The average Bonchev–Trinajstić information content (AvgIpc) is 2.58. The topological polar surface area (TPSA) is 57.8 Å². The van der Waals surface area contributed by atoms with Gasteiger partial charge >= 0.3 is 0 Å². The van der Waals surface area contributed by atoms with Crippen LogP contribution in [0.1, 0.15) is 20.3 Å². The predicted octanol–water partition coefficient (Wildman–Crippen LogP) is 0.980. The Bertz CT molecular complexity index is 369. The van der Waals surface area contributed by atoms with Crippen molar-refractivity contribution in [3.8, 4) is 0 Å². The highest BCUT2D eigenvalue weighted by molar-refractivity contribution is 5.42. The van der Waals surface area contributed by atoms with Gasteiger partial charge in [0.1, 0.15) is 0 Å². The molecule has 1 saturated carbocycles. The van der Waals surface area contributed by atoms with Crippen LogP contribution in [-0.2, 0) is 0 Å². The largest absolute Gasteiger partial charge is 0.380 e. The van der Waals surface area contributed by atoms with Gasteiger partial charge < -0.3 is 5.32 Å². The zero-order valence-electron chi connectivity index (χ0n) is 7.79. The number of anilines is 1. The third-order valence-corrected chi connectivity index (χ3v) is 2.52. The molecule has 1 unspecified atom stereocenters. The second-order valence-electron chi connectivity index (χ2n) is 4.22. The smallest absolute Gasteiger partial charge is 0.266 e. The first kappa shape index (κ1) is 8.29. The molecule has 1 aromatic heterocycles. The molecule has 1 aliphatic carbocycles. The minimum Gasteiger partial charge on any atom is -0.380 e. The molecule has 0 bridgehead atoms. The highest BCUT2D eigenvalue weighted by Crippen LogP contribution is 2.46. The molecule has 0 spiro atoms. The van der Waals surface area contributed by atoms with Crippen molar-refractivity contribution in [1.82, 2.24) is 10.2 Å². The van der Waals surface area contributed by atoms with Crippen molar-refractivity contribution < 1.29 is 0 Å². The van der Waals surface area contributed by atoms with E-state index in [0.717, 1.165) is 12.1 Å². The highest BCUT2D eigenvalue weighted by Gasteiger charge is 2.45. The SMILES string of the molecule is CC1(C)CC1Nc1cn[nH]c(=O)c1. The van der Waals surface area contributed by atoms with Crippen molar-refractivity contribution >= 4 is 5.69 Å². The van der Waals surface area contributed by atoms with Gasteiger partial charge in [0.2, 0.25) is 0 Å². The van der Waals surface area contributed by atoms with Crippen LogP contribution in [0, 0.1) is 5.41 Å². The van der Waals surface area contributed by atoms with Gasteiger partial charge in [-0.15, -0.1) is 0 Å². The van der Waals surface area contributed by atoms with E-state index < -0.39 is 0 Å². The van der Waals surface area contributed by atoms with Crippen LogP contribution in [-0.4, -0.2) is 16.2 Å². The van der Waals surface area contributed by atoms with Crippen LogP contribution in [0.5, 0.6) is 0 Å². The summed E-state index contributed by atoms with van der Waals surface area (Å²) in [6.45, 7) is 4.40. The van der Waals surface area contributed by atoms with Crippen molar-refractivity contribution in [2.24, 2.45) is 5.41 Å². The first-order valence-electron chi connectivity index (χ1n) is 4.39. The Morgan fingerprint density at radius 1 is 1.69 bits per heavy atom. The lowest BCUT2D eigenvalue weighted by Crippen LogP contribution is -2.13. The highest BCUT2D eigenvalue weighted by atomic mass is 16.1. The number of rotatable bonds is 2. The van der Waals surface area contributed by atoms with Gasteiger partial charge in [-0.25, -0.2) is 5.10 Å². The number of hydrogen-bond donors (Lipinski definition) is 2. The van der Waals surface area contributed by atoms with E-state index in [1.807, 2.05) is 0 Å². The van der Waals surface area contributed by atoms with Crippen LogP contribution in [0.25, 0.3) is 0 Å². The van der Waals surface area contributed by atoms with E-state index in [1.165, 1.54) is 6.07 Å². The molecule has 1 fully saturated rings. The first-order valence-corrected chi connectivity index (χ1v) is 4.39. The maximum Gasteiger partial charge on any atom is 0.266 e. The molecule has 1 atom stereocenters. The van der Waals surface area contributed by atoms with Crippen molar-refractivity contribution in [1.29, 1.82) is 0 Å². The maximum atomic E-state index is 10.9. The molecule has 4 heteroatoms. The summed E-state index contributed by atoms with van der Waals surface area (Å²) in [5, 5.41) is 9.32. The standard InChI is InChI=1S/C9H13N3O/c1-9(2)4-7(9)11-6-3-8(13)12-10-5-6/h3,5,7H,4H2,1-2H3,(H2,11,12,13). The first-order chi connectivity index (χ1) is 6.08. The van der Waals surface area contributed by atoms with Gasteiger partial charge in [-0.05, 0) is 11.8 Å². The van der Waals surface area contributed by atoms with Crippen molar-refractivity contribution in [2.75, 3.05) is 5.32 Å². The summed E-state index contributed by atoms with van der Waals surface area (Å²) < 4.78 is 0. The summed E-state index contributed by atoms with van der Waals surface area (Å²) in [7, 11) is 0. The molecule has 1 heterocycles. The molecule has 1 aromatic rings. The lowest BCUT2D eigenvalue weighted by molar-refractivity contribution is 0.630. The van der Waals surface area contributed by atoms with E-state index >= 15 is 0 Å². The van der Waals surface area contributed by atoms with Crippen molar-refractivity contribution in [2.45, 2.75) is 26.3 Å². The minimum absolute atomic E-state index is 0.163. The van der Waals surface area contributed by atoms with Crippen molar-refractivity contribution in [3.05, 3.63) is 22.6 Å². The molecule has 13 heavy (non-hydrogen) atoms. The van der Waals surface area contributed by atoms with Crippen LogP contribution < -0.4 is 10.9 Å². The average molecular weight is 179 g/mol. The van der Waals surface area contributed by atoms with E-state index in [0.29, 0.717) is 11.5 Å². The van der Waals surface area contributed by atoms with E-state index in [1.54, 1.807) is 6.20 Å². The molecule has 0 aromatic carbocycles. The lowest BCUT2D eigenvalue weighted by Gasteiger charge is -2.06. The van der Waals surface area contributed by atoms with Gasteiger partial charge in [0.25, 0.3) is 5.56 Å². The quantitative estimate of drug-likeness (QED) is 0.711. The Balaban J connectivity index is 2.08. The Kier molecular flexibility index (Phi) is 1.65. The minimum atomic E-state index is -0.163. The Labute approximate surface area is 76.4 Å². The zero-order valence-corrected chi connectivity index (χ0v) is 7.79. The van der Waals surface area contributed by atoms with Crippen LogP contribution in [0.15, 0.2) is 17.1 Å². The summed E-state index contributed by atoms with van der Waals surface area (Å²) in [6, 6.07) is 2.01. The van der Waals surface area contributed by atoms with E-state index in [4.69, 9.17) is 0 Å². The fourth-order valence-electron chi connectivity index (χ4n) is 1.37. The number of hydrogen-bond acceptors (Lipinski definition) is 3. The maximum absolute atomic E-state index is 10.9. The predicted molar refractivity (Wildman–Crippen MR) is 50.7 cm³/mol. The van der Waals surface area contributed by atoms with Gasteiger partial charge in [-0.2, -0.15) is 5.10 Å². The number of nitrogens with zero attached hydrogens (tertiary/aromatic N) is 1. The summed E-state index contributed by atoms with van der Waals surface area (Å²) >= 11 is 0. The molecular weight excluding hydrogens is 166 g/mol. The summed E-state index contributed by atoms with van der Waals surface area (Å²) in [4.78, 5) is 10.9. The van der Waals surface area contributed by atoms with E-state index in [9.17, 15) is 4.79 Å². The van der Waals surface area contributed by atoms with E-state index in [-0.39, 0.29) is 5.56 Å². The molecule has 70 valence electrons. The van der Waals surface area contributed by atoms with Crippen LogP contribution >= 0.6 is 0 Å². The van der Waals surface area contributed by atoms with Crippen molar-refractivity contribution in [3.63, 3.8) is 0 Å². The molecule has 2 rings (SSSR count). The molecule has 0 aliphatic heterocycles. The molecular formula is C9H13N3O. The van der Waals surface area contributed by atoms with Gasteiger partial charge in [-0.1, -0.05) is 13.8 Å². The molecule has 0 saturated heterocycles. The van der Waals surface area contributed by atoms with Crippen LogP contribution in [0.2, 0.25) is 0 Å². The van der Waals surface area contributed by atoms with E-state index in [2.05, 4.69) is 29.4 Å². The Morgan fingerprint density at radius 3 is 2.92 bits per heavy atom. The van der Waals surface area contributed by atoms with Gasteiger partial charge in [0.05, 0.1) is 11.9 Å². The fourth-order valence-corrected chi connectivity index (χ4v) is 1.37. The third-order valence-electron chi connectivity index (χ3n) is 2.52. The number of nitrogens with one attached hydrogen (secondary N) is 2. The third kappa shape index (κ3) is 1.71. The van der Waals surface area contributed by atoms with Crippen LogP contribution in [0.3, 0.4) is 0 Å². The molecule has 0 radical (unpaired) electrons. The molecule has 1 aliphatic rings. The lowest BCUT2D eigenvalue weighted by atomic mass is 10.2. The molecule has 2 N–H and O–H groups in total. The summed E-state index contributed by atoms with van der Waals surface area (Å²) in [5.41, 5.74) is 1.01.